The van der Waals surface area contributed by atoms with Gasteiger partial charge in [0, 0.05) is 5.69 Å². The molecule has 26 heavy (non-hydrogen) atoms. The first-order valence-corrected chi connectivity index (χ1v) is 8.18. The van der Waals surface area contributed by atoms with Crippen LogP contribution in [0, 0.1) is 11.3 Å². The minimum Gasteiger partial charge on any atom is -0.509 e. The monoisotopic (exact) mass is 347 g/mol. The molecule has 0 saturated carbocycles. The summed E-state index contributed by atoms with van der Waals surface area (Å²) in [5.41, 5.74) is 1.57. The SMILES string of the molecule is N#Cc1cccc(NC(=O)C2=C(O)C(CCc3ccccc3)NC2=O)c1. The van der Waals surface area contributed by atoms with Crippen LogP contribution in [-0.2, 0) is 16.0 Å². The van der Waals surface area contributed by atoms with Gasteiger partial charge in [0.1, 0.15) is 11.3 Å². The number of rotatable bonds is 5. The van der Waals surface area contributed by atoms with E-state index in [0.717, 1.165) is 5.56 Å². The summed E-state index contributed by atoms with van der Waals surface area (Å²) in [5, 5.41) is 24.4. The number of aliphatic hydroxyl groups is 1. The minimum absolute atomic E-state index is 0.250. The van der Waals surface area contributed by atoms with Gasteiger partial charge in [0.05, 0.1) is 17.7 Å². The predicted molar refractivity (Wildman–Crippen MR) is 96.1 cm³/mol. The Labute approximate surface area is 150 Å². The molecule has 2 amide bonds. The van der Waals surface area contributed by atoms with Crippen LogP contribution in [0.4, 0.5) is 5.69 Å². The second kappa shape index (κ2) is 7.53. The van der Waals surface area contributed by atoms with Gasteiger partial charge in [-0.2, -0.15) is 5.26 Å². The molecular formula is C20H17N3O3. The molecule has 0 radical (unpaired) electrons. The van der Waals surface area contributed by atoms with E-state index in [9.17, 15) is 14.7 Å². The normalized spacial score (nSPS) is 16.1. The molecule has 0 saturated heterocycles. The second-order valence-electron chi connectivity index (χ2n) is 5.96. The Bertz CT molecular complexity index is 913. The maximum Gasteiger partial charge on any atom is 0.264 e. The lowest BCUT2D eigenvalue weighted by Crippen LogP contribution is -2.30. The van der Waals surface area contributed by atoms with E-state index >= 15 is 0 Å². The number of hydrogen-bond donors (Lipinski definition) is 3. The Kier molecular flexibility index (Phi) is 4.99. The number of nitrogens with one attached hydrogen (secondary N) is 2. The molecule has 1 aliphatic heterocycles. The number of nitrogens with zero attached hydrogens (tertiary/aromatic N) is 1. The number of hydrogen-bond acceptors (Lipinski definition) is 4. The second-order valence-corrected chi connectivity index (χ2v) is 5.96. The first-order valence-electron chi connectivity index (χ1n) is 8.18. The van der Waals surface area contributed by atoms with Crippen molar-refractivity contribution in [2.45, 2.75) is 18.9 Å². The van der Waals surface area contributed by atoms with Crippen LogP contribution in [0.2, 0.25) is 0 Å². The van der Waals surface area contributed by atoms with E-state index in [0.29, 0.717) is 24.1 Å². The molecule has 6 nitrogen and oxygen atoms in total. The van der Waals surface area contributed by atoms with Gasteiger partial charge < -0.3 is 15.7 Å². The summed E-state index contributed by atoms with van der Waals surface area (Å²) in [6, 6.07) is 17.4. The first-order chi connectivity index (χ1) is 12.6. The highest BCUT2D eigenvalue weighted by Crippen LogP contribution is 2.21. The van der Waals surface area contributed by atoms with E-state index in [1.54, 1.807) is 18.2 Å². The fraction of sp³-hybridized carbons (Fsp3) is 0.150. The van der Waals surface area contributed by atoms with Crippen molar-refractivity contribution in [2.75, 3.05) is 5.32 Å². The van der Waals surface area contributed by atoms with Crippen molar-refractivity contribution in [1.82, 2.24) is 5.32 Å². The topological polar surface area (TPSA) is 102 Å². The van der Waals surface area contributed by atoms with Crippen LogP contribution in [0.1, 0.15) is 17.5 Å². The number of nitriles is 1. The number of anilines is 1. The summed E-state index contributed by atoms with van der Waals surface area (Å²) in [7, 11) is 0. The van der Waals surface area contributed by atoms with Crippen LogP contribution in [0.3, 0.4) is 0 Å². The van der Waals surface area contributed by atoms with E-state index in [2.05, 4.69) is 10.6 Å². The van der Waals surface area contributed by atoms with E-state index in [1.807, 2.05) is 36.4 Å². The molecule has 6 heteroatoms. The Morgan fingerprint density at radius 2 is 1.96 bits per heavy atom. The highest BCUT2D eigenvalue weighted by molar-refractivity contribution is 6.24. The summed E-state index contributed by atoms with van der Waals surface area (Å²) < 4.78 is 0. The summed E-state index contributed by atoms with van der Waals surface area (Å²) in [5.74, 6) is -1.55. The molecule has 0 fully saturated rings. The van der Waals surface area contributed by atoms with Crippen molar-refractivity contribution in [1.29, 1.82) is 5.26 Å². The summed E-state index contributed by atoms with van der Waals surface area (Å²) in [4.78, 5) is 24.5. The van der Waals surface area contributed by atoms with Crippen LogP contribution in [-0.4, -0.2) is 23.0 Å². The number of aliphatic hydroxyl groups excluding tert-OH is 1. The van der Waals surface area contributed by atoms with Crippen molar-refractivity contribution >= 4 is 17.5 Å². The number of aryl methyl sites for hydroxylation is 1. The molecule has 1 aliphatic rings. The summed E-state index contributed by atoms with van der Waals surface area (Å²) in [6.45, 7) is 0. The van der Waals surface area contributed by atoms with Crippen molar-refractivity contribution < 1.29 is 14.7 Å². The first kappa shape index (κ1) is 17.2. The average molecular weight is 347 g/mol. The van der Waals surface area contributed by atoms with Gasteiger partial charge in [-0.05, 0) is 36.6 Å². The van der Waals surface area contributed by atoms with E-state index in [-0.39, 0.29) is 11.3 Å². The zero-order chi connectivity index (χ0) is 18.5. The molecular weight excluding hydrogens is 330 g/mol. The van der Waals surface area contributed by atoms with Gasteiger partial charge in [0.2, 0.25) is 0 Å². The third-order valence-electron chi connectivity index (χ3n) is 4.16. The highest BCUT2D eigenvalue weighted by atomic mass is 16.3. The molecule has 1 unspecified atom stereocenters. The van der Waals surface area contributed by atoms with Crippen molar-refractivity contribution in [3.05, 3.63) is 77.1 Å². The molecule has 0 aliphatic carbocycles. The van der Waals surface area contributed by atoms with Gasteiger partial charge in [-0.3, -0.25) is 9.59 Å². The predicted octanol–water partition coefficient (Wildman–Crippen LogP) is 2.44. The van der Waals surface area contributed by atoms with Crippen molar-refractivity contribution in [3.63, 3.8) is 0 Å². The van der Waals surface area contributed by atoms with Crippen LogP contribution in [0.25, 0.3) is 0 Å². The summed E-state index contributed by atoms with van der Waals surface area (Å²) in [6.07, 6.45) is 1.15. The standard InChI is InChI=1S/C20H17N3O3/c21-12-14-7-4-8-15(11-14)22-19(25)17-18(24)16(23-20(17)26)10-9-13-5-2-1-3-6-13/h1-8,11,16,24H,9-10H2,(H,22,25)(H,23,26). The molecule has 0 bridgehead atoms. The molecule has 0 spiro atoms. The number of benzene rings is 2. The fourth-order valence-electron chi connectivity index (χ4n) is 2.83. The molecule has 0 aromatic heterocycles. The Balaban J connectivity index is 1.71. The average Bonchev–Trinajstić information content (AvgIpc) is 2.94. The maximum atomic E-state index is 12.4. The van der Waals surface area contributed by atoms with Gasteiger partial charge in [0.25, 0.3) is 11.8 Å². The Morgan fingerprint density at radius 3 is 2.69 bits per heavy atom. The lowest BCUT2D eigenvalue weighted by atomic mass is 10.0. The van der Waals surface area contributed by atoms with Gasteiger partial charge in [-0.1, -0.05) is 36.4 Å². The van der Waals surface area contributed by atoms with Crippen LogP contribution >= 0.6 is 0 Å². The van der Waals surface area contributed by atoms with Gasteiger partial charge in [-0.25, -0.2) is 0 Å². The molecule has 1 atom stereocenters. The zero-order valence-electron chi connectivity index (χ0n) is 13.9. The molecule has 130 valence electrons. The lowest BCUT2D eigenvalue weighted by Gasteiger charge is -2.10. The van der Waals surface area contributed by atoms with E-state index < -0.39 is 17.9 Å². The van der Waals surface area contributed by atoms with Gasteiger partial charge in [-0.15, -0.1) is 0 Å². The van der Waals surface area contributed by atoms with Crippen molar-refractivity contribution in [3.8, 4) is 6.07 Å². The van der Waals surface area contributed by atoms with E-state index in [4.69, 9.17) is 5.26 Å². The van der Waals surface area contributed by atoms with Gasteiger partial charge in [0.15, 0.2) is 0 Å². The van der Waals surface area contributed by atoms with Crippen LogP contribution in [0.5, 0.6) is 0 Å². The third-order valence-corrected chi connectivity index (χ3v) is 4.16. The zero-order valence-corrected chi connectivity index (χ0v) is 13.9. The molecule has 3 rings (SSSR count). The van der Waals surface area contributed by atoms with Crippen molar-refractivity contribution in [2.24, 2.45) is 0 Å². The fourth-order valence-corrected chi connectivity index (χ4v) is 2.83. The number of amides is 2. The third kappa shape index (κ3) is 3.73. The molecule has 1 heterocycles. The molecule has 2 aromatic rings. The lowest BCUT2D eigenvalue weighted by molar-refractivity contribution is -0.120. The molecule has 3 N–H and O–H groups in total. The van der Waals surface area contributed by atoms with Crippen LogP contribution in [0.15, 0.2) is 65.9 Å². The Morgan fingerprint density at radius 1 is 1.19 bits per heavy atom. The molecule has 2 aromatic carbocycles. The number of carbonyl (C=O) groups excluding carboxylic acids is 2. The minimum atomic E-state index is -0.697. The largest absolute Gasteiger partial charge is 0.509 e. The number of carbonyl (C=O) groups is 2. The maximum absolute atomic E-state index is 12.4. The van der Waals surface area contributed by atoms with Gasteiger partial charge >= 0.3 is 0 Å². The Hall–Kier alpha value is -3.59. The van der Waals surface area contributed by atoms with E-state index in [1.165, 1.54) is 6.07 Å². The smallest absolute Gasteiger partial charge is 0.264 e. The summed E-state index contributed by atoms with van der Waals surface area (Å²) >= 11 is 0. The highest BCUT2D eigenvalue weighted by Gasteiger charge is 2.35. The van der Waals surface area contributed by atoms with Crippen LogP contribution < -0.4 is 10.6 Å². The quantitative estimate of drug-likeness (QED) is 0.723.